The summed E-state index contributed by atoms with van der Waals surface area (Å²) in [5.74, 6) is 0.955. The first-order chi connectivity index (χ1) is 9.28. The minimum Gasteiger partial charge on any atom is -0.491 e. The van der Waals surface area contributed by atoms with E-state index in [4.69, 9.17) is 4.74 Å². The molecule has 1 aromatic carbocycles. The van der Waals surface area contributed by atoms with E-state index in [1.54, 1.807) is 11.3 Å². The molecule has 2 aromatic rings. The molecular weight excluding hydrogens is 254 g/mol. The van der Waals surface area contributed by atoms with Crippen LogP contribution in [0.25, 0.3) is 0 Å². The Morgan fingerprint density at radius 2 is 1.95 bits per heavy atom. The van der Waals surface area contributed by atoms with Gasteiger partial charge in [-0.2, -0.15) is 0 Å². The maximum Gasteiger partial charge on any atom is 0.119 e. The largest absolute Gasteiger partial charge is 0.491 e. The summed E-state index contributed by atoms with van der Waals surface area (Å²) in [7, 11) is 0. The predicted octanol–water partition coefficient (Wildman–Crippen LogP) is 4.22. The van der Waals surface area contributed by atoms with Crippen LogP contribution < -0.4 is 10.1 Å². The van der Waals surface area contributed by atoms with Gasteiger partial charge in [0.2, 0.25) is 0 Å². The van der Waals surface area contributed by atoms with E-state index in [1.807, 2.05) is 12.1 Å². The second kappa shape index (κ2) is 7.31. The van der Waals surface area contributed by atoms with Crippen molar-refractivity contribution in [3.05, 3.63) is 52.2 Å². The third-order valence-corrected chi connectivity index (χ3v) is 3.92. The fraction of sp³-hybridized carbons (Fsp3) is 0.375. The number of hydrogen-bond donors (Lipinski definition) is 1. The summed E-state index contributed by atoms with van der Waals surface area (Å²) in [5, 5.41) is 5.55. The first-order valence-corrected chi connectivity index (χ1v) is 7.64. The summed E-state index contributed by atoms with van der Waals surface area (Å²) < 4.78 is 5.76. The Labute approximate surface area is 119 Å². The van der Waals surface area contributed by atoms with Gasteiger partial charge in [0.05, 0.1) is 6.10 Å². The first-order valence-electron chi connectivity index (χ1n) is 6.76. The number of hydrogen-bond acceptors (Lipinski definition) is 3. The SMILES string of the molecule is CCC(C)Oc1ccc(CNCc2cccs2)cc1. The van der Waals surface area contributed by atoms with Gasteiger partial charge >= 0.3 is 0 Å². The van der Waals surface area contributed by atoms with Crippen LogP contribution in [0.3, 0.4) is 0 Å². The van der Waals surface area contributed by atoms with Gasteiger partial charge in [-0.25, -0.2) is 0 Å². The van der Waals surface area contributed by atoms with Gasteiger partial charge in [0.1, 0.15) is 5.75 Å². The molecule has 0 aliphatic heterocycles. The average Bonchev–Trinajstić information content (AvgIpc) is 2.94. The van der Waals surface area contributed by atoms with Crippen molar-refractivity contribution in [1.29, 1.82) is 0 Å². The van der Waals surface area contributed by atoms with E-state index in [1.165, 1.54) is 10.4 Å². The highest BCUT2D eigenvalue weighted by atomic mass is 32.1. The first kappa shape index (κ1) is 14.1. The van der Waals surface area contributed by atoms with E-state index in [2.05, 4.69) is 48.8 Å². The number of nitrogens with one attached hydrogen (secondary N) is 1. The quantitative estimate of drug-likeness (QED) is 0.817. The van der Waals surface area contributed by atoms with Crippen molar-refractivity contribution in [2.24, 2.45) is 0 Å². The van der Waals surface area contributed by atoms with Gasteiger partial charge < -0.3 is 10.1 Å². The molecule has 2 rings (SSSR count). The van der Waals surface area contributed by atoms with Crippen LogP contribution in [0, 0.1) is 0 Å². The molecule has 0 aliphatic rings. The lowest BCUT2D eigenvalue weighted by Crippen LogP contribution is -2.12. The third-order valence-electron chi connectivity index (χ3n) is 3.04. The van der Waals surface area contributed by atoms with Crippen LogP contribution in [0.4, 0.5) is 0 Å². The normalized spacial score (nSPS) is 12.3. The summed E-state index contributed by atoms with van der Waals surface area (Å²) in [4.78, 5) is 1.37. The van der Waals surface area contributed by atoms with Crippen molar-refractivity contribution in [1.82, 2.24) is 5.32 Å². The highest BCUT2D eigenvalue weighted by Gasteiger charge is 2.01. The molecule has 0 aliphatic carbocycles. The van der Waals surface area contributed by atoms with Gasteiger partial charge in [0.25, 0.3) is 0 Å². The van der Waals surface area contributed by atoms with Gasteiger partial charge in [-0.3, -0.25) is 0 Å². The van der Waals surface area contributed by atoms with Crippen molar-refractivity contribution in [3.8, 4) is 5.75 Å². The lowest BCUT2D eigenvalue weighted by Gasteiger charge is -2.12. The lowest BCUT2D eigenvalue weighted by atomic mass is 10.2. The summed E-state index contributed by atoms with van der Waals surface area (Å²) in [6, 6.07) is 12.6. The molecular formula is C16H21NOS. The molecule has 1 N–H and O–H groups in total. The van der Waals surface area contributed by atoms with E-state index in [0.717, 1.165) is 25.3 Å². The zero-order valence-corrected chi connectivity index (χ0v) is 12.4. The summed E-state index contributed by atoms with van der Waals surface area (Å²) in [5.41, 5.74) is 1.29. The van der Waals surface area contributed by atoms with Crippen LogP contribution in [-0.4, -0.2) is 6.10 Å². The van der Waals surface area contributed by atoms with Crippen molar-refractivity contribution < 1.29 is 4.74 Å². The second-order valence-corrected chi connectivity index (χ2v) is 5.70. The smallest absolute Gasteiger partial charge is 0.119 e. The Morgan fingerprint density at radius 3 is 2.58 bits per heavy atom. The van der Waals surface area contributed by atoms with Crippen molar-refractivity contribution >= 4 is 11.3 Å². The Balaban J connectivity index is 1.78. The van der Waals surface area contributed by atoms with Crippen LogP contribution in [-0.2, 0) is 13.1 Å². The fourth-order valence-electron chi connectivity index (χ4n) is 1.74. The molecule has 0 saturated heterocycles. The Bertz CT molecular complexity index is 464. The molecule has 0 fully saturated rings. The maximum absolute atomic E-state index is 5.76. The highest BCUT2D eigenvalue weighted by molar-refractivity contribution is 7.09. The molecule has 0 spiro atoms. The Kier molecular flexibility index (Phi) is 5.43. The standard InChI is InChI=1S/C16H21NOS/c1-3-13(2)18-15-8-6-14(7-9-15)11-17-12-16-5-4-10-19-16/h4-10,13,17H,3,11-12H2,1-2H3. The molecule has 0 amide bonds. The monoisotopic (exact) mass is 275 g/mol. The average molecular weight is 275 g/mol. The van der Waals surface area contributed by atoms with E-state index < -0.39 is 0 Å². The number of thiophene rings is 1. The van der Waals surface area contributed by atoms with Gasteiger partial charge in [0.15, 0.2) is 0 Å². The molecule has 2 nitrogen and oxygen atoms in total. The number of rotatable bonds is 7. The summed E-state index contributed by atoms with van der Waals surface area (Å²) >= 11 is 1.79. The van der Waals surface area contributed by atoms with Gasteiger partial charge in [-0.05, 0) is 42.5 Å². The van der Waals surface area contributed by atoms with Crippen molar-refractivity contribution in [3.63, 3.8) is 0 Å². The Hall–Kier alpha value is -1.32. The van der Waals surface area contributed by atoms with Gasteiger partial charge in [-0.15, -0.1) is 11.3 Å². The molecule has 1 aromatic heterocycles. The molecule has 0 bridgehead atoms. The van der Waals surface area contributed by atoms with E-state index in [0.29, 0.717) is 0 Å². The zero-order chi connectivity index (χ0) is 13.5. The molecule has 0 radical (unpaired) electrons. The molecule has 1 atom stereocenters. The van der Waals surface area contributed by atoms with Crippen molar-refractivity contribution in [2.45, 2.75) is 39.5 Å². The van der Waals surface area contributed by atoms with Crippen LogP contribution >= 0.6 is 11.3 Å². The second-order valence-electron chi connectivity index (χ2n) is 4.66. The predicted molar refractivity (Wildman–Crippen MR) is 81.7 cm³/mol. The molecule has 1 unspecified atom stereocenters. The maximum atomic E-state index is 5.76. The van der Waals surface area contributed by atoms with Crippen LogP contribution in [0.15, 0.2) is 41.8 Å². The summed E-state index contributed by atoms with van der Waals surface area (Å²) in [6.45, 7) is 6.05. The molecule has 102 valence electrons. The summed E-state index contributed by atoms with van der Waals surface area (Å²) in [6.07, 6.45) is 1.31. The van der Waals surface area contributed by atoms with E-state index >= 15 is 0 Å². The van der Waals surface area contributed by atoms with Gasteiger partial charge in [0, 0.05) is 18.0 Å². The van der Waals surface area contributed by atoms with Crippen LogP contribution in [0.2, 0.25) is 0 Å². The molecule has 0 saturated carbocycles. The highest BCUT2D eigenvalue weighted by Crippen LogP contribution is 2.15. The van der Waals surface area contributed by atoms with E-state index in [-0.39, 0.29) is 6.10 Å². The van der Waals surface area contributed by atoms with Crippen molar-refractivity contribution in [2.75, 3.05) is 0 Å². The number of benzene rings is 1. The van der Waals surface area contributed by atoms with Crippen LogP contribution in [0.5, 0.6) is 5.75 Å². The molecule has 3 heteroatoms. The van der Waals surface area contributed by atoms with Gasteiger partial charge in [-0.1, -0.05) is 25.1 Å². The van der Waals surface area contributed by atoms with E-state index in [9.17, 15) is 0 Å². The van der Waals surface area contributed by atoms with Crippen LogP contribution in [0.1, 0.15) is 30.7 Å². The number of ether oxygens (including phenoxy) is 1. The molecule has 1 heterocycles. The third kappa shape index (κ3) is 4.69. The topological polar surface area (TPSA) is 21.3 Å². The minimum absolute atomic E-state index is 0.280. The Morgan fingerprint density at radius 1 is 1.16 bits per heavy atom. The zero-order valence-electron chi connectivity index (χ0n) is 11.6. The lowest BCUT2D eigenvalue weighted by molar-refractivity contribution is 0.217. The minimum atomic E-state index is 0.280. The fourth-order valence-corrected chi connectivity index (χ4v) is 2.42. The molecule has 19 heavy (non-hydrogen) atoms.